The van der Waals surface area contributed by atoms with E-state index >= 15 is 0 Å². The van der Waals surface area contributed by atoms with E-state index in [2.05, 4.69) is 5.32 Å². The lowest BCUT2D eigenvalue weighted by molar-refractivity contribution is 0.193. The second-order valence-electron chi connectivity index (χ2n) is 7.40. The summed E-state index contributed by atoms with van der Waals surface area (Å²) in [5.41, 5.74) is 2.12. The van der Waals surface area contributed by atoms with E-state index in [1.165, 1.54) is 0 Å². The van der Waals surface area contributed by atoms with Crippen molar-refractivity contribution in [3.8, 4) is 11.8 Å². The Labute approximate surface area is 172 Å². The standard InChI is InChI=1S/C22H26N2O4S/c1-15(2)21(24-22(25)28-20-11-5-16(3)6-12-20)14-29(26,27)17(4)19-9-7-18(13-23)8-10-19/h5-12,15,17,21H,14H2,1-4H3,(H,24,25). The van der Waals surface area contributed by atoms with Gasteiger partial charge >= 0.3 is 6.09 Å². The molecule has 154 valence electrons. The van der Waals surface area contributed by atoms with Crippen LogP contribution in [-0.2, 0) is 9.84 Å². The highest BCUT2D eigenvalue weighted by molar-refractivity contribution is 7.91. The molecule has 0 aromatic heterocycles. The van der Waals surface area contributed by atoms with E-state index < -0.39 is 27.2 Å². The van der Waals surface area contributed by atoms with E-state index in [0.29, 0.717) is 16.9 Å². The van der Waals surface area contributed by atoms with Crippen LogP contribution in [0.15, 0.2) is 48.5 Å². The van der Waals surface area contributed by atoms with Gasteiger partial charge in [-0.05, 0) is 49.6 Å². The molecule has 0 saturated carbocycles. The van der Waals surface area contributed by atoms with E-state index in [4.69, 9.17) is 10.00 Å². The van der Waals surface area contributed by atoms with Crippen LogP contribution in [0.3, 0.4) is 0 Å². The lowest BCUT2D eigenvalue weighted by Crippen LogP contribution is -2.45. The van der Waals surface area contributed by atoms with Gasteiger partial charge in [0.1, 0.15) is 5.75 Å². The van der Waals surface area contributed by atoms with Gasteiger partial charge in [0, 0.05) is 6.04 Å². The van der Waals surface area contributed by atoms with Crippen molar-refractivity contribution in [2.24, 2.45) is 5.92 Å². The summed E-state index contributed by atoms with van der Waals surface area (Å²) in [7, 11) is -3.55. The van der Waals surface area contributed by atoms with Gasteiger partial charge in [-0.15, -0.1) is 0 Å². The van der Waals surface area contributed by atoms with Gasteiger partial charge in [-0.25, -0.2) is 13.2 Å². The Hall–Kier alpha value is -2.85. The second kappa shape index (κ2) is 9.57. The average molecular weight is 415 g/mol. The van der Waals surface area contributed by atoms with Gasteiger partial charge in [-0.2, -0.15) is 5.26 Å². The molecule has 7 heteroatoms. The first kappa shape index (κ1) is 22.4. The summed E-state index contributed by atoms with van der Waals surface area (Å²) in [6, 6.07) is 14.9. The molecule has 0 saturated heterocycles. The molecule has 6 nitrogen and oxygen atoms in total. The molecule has 0 bridgehead atoms. The van der Waals surface area contributed by atoms with Gasteiger partial charge < -0.3 is 10.1 Å². The summed E-state index contributed by atoms with van der Waals surface area (Å²) in [5, 5.41) is 10.8. The molecule has 2 aromatic carbocycles. The molecule has 1 N–H and O–H groups in total. The number of amides is 1. The Morgan fingerprint density at radius 1 is 1.07 bits per heavy atom. The van der Waals surface area contributed by atoms with Crippen LogP contribution >= 0.6 is 0 Å². The van der Waals surface area contributed by atoms with Crippen LogP contribution < -0.4 is 10.1 Å². The summed E-state index contributed by atoms with van der Waals surface area (Å²) in [6.45, 7) is 7.23. The second-order valence-corrected chi connectivity index (χ2v) is 9.77. The monoisotopic (exact) mass is 414 g/mol. The zero-order valence-corrected chi connectivity index (χ0v) is 17.9. The maximum atomic E-state index is 12.9. The molecule has 29 heavy (non-hydrogen) atoms. The Bertz CT molecular complexity index is 975. The lowest BCUT2D eigenvalue weighted by Gasteiger charge is -2.24. The smallest absolute Gasteiger partial charge is 0.410 e. The van der Waals surface area contributed by atoms with E-state index in [-0.39, 0.29) is 11.7 Å². The summed E-state index contributed by atoms with van der Waals surface area (Å²) < 4.78 is 31.1. The van der Waals surface area contributed by atoms with Crippen molar-refractivity contribution in [2.75, 3.05) is 5.75 Å². The molecular formula is C22H26N2O4S. The quantitative estimate of drug-likeness (QED) is 0.734. The summed E-state index contributed by atoms with van der Waals surface area (Å²) >= 11 is 0. The van der Waals surface area contributed by atoms with Gasteiger partial charge in [0.25, 0.3) is 0 Å². The number of sulfone groups is 1. The first-order chi connectivity index (χ1) is 13.6. The Kier molecular flexibility index (Phi) is 7.40. The minimum atomic E-state index is -3.55. The maximum Gasteiger partial charge on any atom is 0.412 e. The molecule has 0 radical (unpaired) electrons. The van der Waals surface area contributed by atoms with Crippen molar-refractivity contribution in [1.29, 1.82) is 5.26 Å². The number of nitrogens with zero attached hydrogens (tertiary/aromatic N) is 1. The van der Waals surface area contributed by atoms with Gasteiger partial charge in [0.15, 0.2) is 9.84 Å². The fourth-order valence-electron chi connectivity index (χ4n) is 2.73. The molecule has 2 unspecified atom stereocenters. The molecule has 0 aliphatic heterocycles. The number of nitrogens with one attached hydrogen (secondary N) is 1. The molecule has 1 amide bonds. The predicted molar refractivity (Wildman–Crippen MR) is 112 cm³/mol. The third-order valence-corrected chi connectivity index (χ3v) is 6.97. The SMILES string of the molecule is Cc1ccc(OC(=O)NC(CS(=O)(=O)C(C)c2ccc(C#N)cc2)C(C)C)cc1. The van der Waals surface area contributed by atoms with Crippen LogP contribution in [-0.4, -0.2) is 26.3 Å². The largest absolute Gasteiger partial charge is 0.412 e. The van der Waals surface area contributed by atoms with E-state index in [0.717, 1.165) is 5.56 Å². The van der Waals surface area contributed by atoms with Gasteiger partial charge in [0.2, 0.25) is 0 Å². The number of hydrogen-bond acceptors (Lipinski definition) is 5. The van der Waals surface area contributed by atoms with Gasteiger partial charge in [-0.3, -0.25) is 0 Å². The summed E-state index contributed by atoms with van der Waals surface area (Å²) in [5.74, 6) is 0.0717. The number of aryl methyl sites for hydroxylation is 1. The third kappa shape index (κ3) is 6.33. The highest BCUT2D eigenvalue weighted by Gasteiger charge is 2.29. The predicted octanol–water partition coefficient (Wildman–Crippen LogP) is 4.16. The van der Waals surface area contributed by atoms with Crippen LogP contribution in [0.5, 0.6) is 5.75 Å². The third-order valence-electron chi connectivity index (χ3n) is 4.80. The van der Waals surface area contributed by atoms with E-state index in [1.54, 1.807) is 43.3 Å². The van der Waals surface area contributed by atoms with Crippen molar-refractivity contribution in [3.63, 3.8) is 0 Å². The van der Waals surface area contributed by atoms with Crippen LogP contribution in [0, 0.1) is 24.2 Å². The highest BCUT2D eigenvalue weighted by atomic mass is 32.2. The fraction of sp³-hybridized carbons (Fsp3) is 0.364. The topological polar surface area (TPSA) is 96.3 Å². The fourth-order valence-corrected chi connectivity index (χ4v) is 4.55. The first-order valence-electron chi connectivity index (χ1n) is 9.39. The van der Waals surface area contributed by atoms with Crippen molar-refractivity contribution in [1.82, 2.24) is 5.32 Å². The Morgan fingerprint density at radius 2 is 1.66 bits per heavy atom. The number of carbonyl (C=O) groups excluding carboxylic acids is 1. The van der Waals surface area contributed by atoms with Crippen molar-refractivity contribution >= 4 is 15.9 Å². The molecule has 0 fully saturated rings. The minimum absolute atomic E-state index is 0.108. The molecule has 0 spiro atoms. The Balaban J connectivity index is 2.08. The maximum absolute atomic E-state index is 12.9. The number of rotatable bonds is 7. The van der Waals surface area contributed by atoms with Crippen LogP contribution in [0.1, 0.15) is 42.7 Å². The zero-order chi connectivity index (χ0) is 21.6. The van der Waals surface area contributed by atoms with Crippen molar-refractivity contribution in [2.45, 2.75) is 39.0 Å². The van der Waals surface area contributed by atoms with Crippen molar-refractivity contribution < 1.29 is 17.9 Å². The molecule has 0 aliphatic rings. The molecule has 0 aliphatic carbocycles. The number of benzene rings is 2. The first-order valence-corrected chi connectivity index (χ1v) is 11.1. The molecule has 2 rings (SSSR count). The molecule has 2 aromatic rings. The Morgan fingerprint density at radius 3 is 2.17 bits per heavy atom. The summed E-state index contributed by atoms with van der Waals surface area (Å²) in [6.07, 6.45) is -0.686. The highest BCUT2D eigenvalue weighted by Crippen LogP contribution is 2.24. The number of nitriles is 1. The minimum Gasteiger partial charge on any atom is -0.410 e. The molecule has 2 atom stereocenters. The van der Waals surface area contributed by atoms with E-state index in [1.807, 2.05) is 39.0 Å². The molecule has 0 heterocycles. The lowest BCUT2D eigenvalue weighted by atomic mass is 10.1. The van der Waals surface area contributed by atoms with Crippen LogP contribution in [0.2, 0.25) is 0 Å². The zero-order valence-electron chi connectivity index (χ0n) is 17.0. The van der Waals surface area contributed by atoms with Gasteiger partial charge in [0.05, 0.1) is 22.6 Å². The van der Waals surface area contributed by atoms with Crippen molar-refractivity contribution in [3.05, 3.63) is 65.2 Å². The number of ether oxygens (including phenoxy) is 1. The van der Waals surface area contributed by atoms with Crippen LogP contribution in [0.25, 0.3) is 0 Å². The van der Waals surface area contributed by atoms with Crippen LogP contribution in [0.4, 0.5) is 4.79 Å². The average Bonchev–Trinajstić information content (AvgIpc) is 2.68. The van der Waals surface area contributed by atoms with Gasteiger partial charge in [-0.1, -0.05) is 43.7 Å². The van der Waals surface area contributed by atoms with E-state index in [9.17, 15) is 13.2 Å². The molecular weight excluding hydrogens is 388 g/mol. The summed E-state index contributed by atoms with van der Waals surface area (Å²) in [4.78, 5) is 12.2. The number of carbonyl (C=O) groups is 1. The normalized spacial score (nSPS) is 13.4. The number of hydrogen-bond donors (Lipinski definition) is 1.